The van der Waals surface area contributed by atoms with Crippen molar-refractivity contribution >= 4 is 40.3 Å². The lowest BCUT2D eigenvalue weighted by atomic mass is 9.77. The molecule has 7 heteroatoms. The lowest BCUT2D eigenvalue weighted by Crippen LogP contribution is -2.62. The minimum absolute atomic E-state index is 0.0513. The number of ether oxygens (including phenoxy) is 2. The van der Waals surface area contributed by atoms with Crippen LogP contribution in [0.5, 0.6) is 5.75 Å². The Hall–Kier alpha value is -3.87. The van der Waals surface area contributed by atoms with Crippen molar-refractivity contribution in [1.82, 2.24) is 0 Å². The molecule has 0 saturated heterocycles. The summed E-state index contributed by atoms with van der Waals surface area (Å²) in [5.41, 5.74) is 1.60. The Balaban J connectivity index is 1.44. The Labute approximate surface area is 204 Å². The van der Waals surface area contributed by atoms with Gasteiger partial charge in [-0.05, 0) is 43.4 Å². The third-order valence-electron chi connectivity index (χ3n) is 7.01. The van der Waals surface area contributed by atoms with E-state index in [2.05, 4.69) is 30.9 Å². The second kappa shape index (κ2) is 8.73. The second-order valence-corrected chi connectivity index (χ2v) is 9.45. The summed E-state index contributed by atoms with van der Waals surface area (Å²) in [7, 11) is 0. The van der Waals surface area contributed by atoms with Crippen LogP contribution < -0.4 is 9.64 Å². The van der Waals surface area contributed by atoms with Gasteiger partial charge in [0.2, 0.25) is 5.72 Å². The van der Waals surface area contributed by atoms with Gasteiger partial charge in [-0.2, -0.15) is 0 Å². The maximum absolute atomic E-state index is 12.1. The Morgan fingerprint density at radius 3 is 2.63 bits per heavy atom. The number of benzene rings is 3. The van der Waals surface area contributed by atoms with E-state index in [0.29, 0.717) is 12.3 Å². The molecule has 0 aromatic heterocycles. The maximum atomic E-state index is 12.1. The highest BCUT2D eigenvalue weighted by Crippen LogP contribution is 2.54. The topological polar surface area (TPSA) is 88.4 Å². The van der Waals surface area contributed by atoms with Crippen molar-refractivity contribution in [3.8, 4) is 5.75 Å². The van der Waals surface area contributed by atoms with Crippen LogP contribution in [0.25, 0.3) is 10.8 Å². The van der Waals surface area contributed by atoms with Crippen LogP contribution in [-0.2, 0) is 19.7 Å². The van der Waals surface area contributed by atoms with Gasteiger partial charge < -0.3 is 19.5 Å². The average molecular weight is 473 g/mol. The summed E-state index contributed by atoms with van der Waals surface area (Å²) in [6.45, 7) is 4.84. The molecule has 0 aliphatic carbocycles. The van der Waals surface area contributed by atoms with E-state index in [0.717, 1.165) is 27.7 Å². The van der Waals surface area contributed by atoms with Crippen LogP contribution in [-0.4, -0.2) is 42.1 Å². The molecule has 1 N–H and O–H groups in total. The fourth-order valence-corrected chi connectivity index (χ4v) is 5.15. The van der Waals surface area contributed by atoms with Gasteiger partial charge in [0.1, 0.15) is 18.0 Å². The summed E-state index contributed by atoms with van der Waals surface area (Å²) in [5, 5.41) is 10.9. The minimum atomic E-state index is -0.919. The number of hydrogen-bond donors (Lipinski definition) is 1. The summed E-state index contributed by atoms with van der Waals surface area (Å²) in [6.07, 6.45) is 2.18. The molecule has 35 heavy (non-hydrogen) atoms. The standard InChI is InChI=1S/C28H28N2O5/c1-27(2)21-10-5-6-11-22(21)30(16-17-34-25(33)13-7-12-24(31)32)28(27)18-29-26-20-9-4-3-8-19(20)14-15-23(26)35-28/h3-6,8-11,14-15,18H,7,12-13,16-17H2,1-2H3,(H,31,32). The van der Waals surface area contributed by atoms with Gasteiger partial charge in [-0.15, -0.1) is 0 Å². The van der Waals surface area contributed by atoms with Crippen molar-refractivity contribution in [3.05, 3.63) is 66.2 Å². The molecule has 3 aromatic rings. The molecule has 1 spiro atoms. The van der Waals surface area contributed by atoms with E-state index in [1.807, 2.05) is 54.7 Å². The monoisotopic (exact) mass is 472 g/mol. The van der Waals surface area contributed by atoms with Crippen LogP contribution >= 0.6 is 0 Å². The molecule has 0 saturated carbocycles. The fourth-order valence-electron chi connectivity index (χ4n) is 5.15. The molecule has 2 aliphatic heterocycles. The summed E-state index contributed by atoms with van der Waals surface area (Å²) >= 11 is 0. The van der Waals surface area contributed by atoms with Gasteiger partial charge in [0.25, 0.3) is 0 Å². The SMILES string of the molecule is CC1(C)c2ccccc2N(CCOC(=O)CCCC(=O)O)C12C=Nc1c(ccc3ccccc13)O2. The summed E-state index contributed by atoms with van der Waals surface area (Å²) in [4.78, 5) is 29.9. The van der Waals surface area contributed by atoms with Crippen molar-refractivity contribution in [2.24, 2.45) is 4.99 Å². The summed E-state index contributed by atoms with van der Waals surface area (Å²) < 4.78 is 12.3. The second-order valence-electron chi connectivity index (χ2n) is 9.45. The lowest BCUT2D eigenvalue weighted by molar-refractivity contribution is -0.143. The molecule has 3 aromatic carbocycles. The Morgan fingerprint density at radius 1 is 1.03 bits per heavy atom. The largest absolute Gasteiger partial charge is 0.481 e. The zero-order valence-corrected chi connectivity index (χ0v) is 19.9. The Kier molecular flexibility index (Phi) is 5.71. The van der Waals surface area contributed by atoms with Crippen molar-refractivity contribution in [2.45, 2.75) is 44.2 Å². The first-order valence-corrected chi connectivity index (χ1v) is 11.8. The van der Waals surface area contributed by atoms with E-state index < -0.39 is 23.1 Å². The third-order valence-corrected chi connectivity index (χ3v) is 7.01. The van der Waals surface area contributed by atoms with Gasteiger partial charge in [0.05, 0.1) is 18.2 Å². The Morgan fingerprint density at radius 2 is 1.80 bits per heavy atom. The molecule has 1 atom stereocenters. The molecule has 7 nitrogen and oxygen atoms in total. The zero-order valence-electron chi connectivity index (χ0n) is 19.9. The van der Waals surface area contributed by atoms with Crippen molar-refractivity contribution in [3.63, 3.8) is 0 Å². The van der Waals surface area contributed by atoms with E-state index in [-0.39, 0.29) is 25.9 Å². The van der Waals surface area contributed by atoms with Crippen molar-refractivity contribution in [1.29, 1.82) is 0 Å². The van der Waals surface area contributed by atoms with Crippen LogP contribution in [0.4, 0.5) is 11.4 Å². The van der Waals surface area contributed by atoms with Gasteiger partial charge >= 0.3 is 11.9 Å². The first-order chi connectivity index (χ1) is 16.8. The van der Waals surface area contributed by atoms with E-state index in [1.165, 1.54) is 0 Å². The van der Waals surface area contributed by atoms with E-state index >= 15 is 0 Å². The molecular weight excluding hydrogens is 444 g/mol. The number of hydrogen-bond acceptors (Lipinski definition) is 6. The van der Waals surface area contributed by atoms with Gasteiger partial charge in [0, 0.05) is 23.9 Å². The highest BCUT2D eigenvalue weighted by molar-refractivity contribution is 5.99. The van der Waals surface area contributed by atoms with E-state index in [1.54, 1.807) is 0 Å². The lowest BCUT2D eigenvalue weighted by Gasteiger charge is -2.46. The van der Waals surface area contributed by atoms with Crippen LogP contribution in [0.1, 0.15) is 38.7 Å². The number of anilines is 1. The molecule has 0 bridgehead atoms. The molecule has 0 fully saturated rings. The number of carboxylic acid groups (broad SMARTS) is 1. The van der Waals surface area contributed by atoms with Crippen LogP contribution in [0, 0.1) is 0 Å². The van der Waals surface area contributed by atoms with Crippen molar-refractivity contribution < 1.29 is 24.2 Å². The number of carbonyl (C=O) groups excluding carboxylic acids is 1. The normalized spacial score (nSPS) is 19.3. The molecule has 5 rings (SSSR count). The number of nitrogens with zero attached hydrogens (tertiary/aromatic N) is 2. The molecule has 2 heterocycles. The number of carbonyl (C=O) groups is 2. The molecular formula is C28H28N2O5. The number of carboxylic acids is 1. The summed E-state index contributed by atoms with van der Waals surface area (Å²) in [5.74, 6) is -0.609. The van der Waals surface area contributed by atoms with Crippen LogP contribution in [0.2, 0.25) is 0 Å². The maximum Gasteiger partial charge on any atom is 0.305 e. The molecule has 0 radical (unpaired) electrons. The van der Waals surface area contributed by atoms with Gasteiger partial charge in [-0.1, -0.05) is 48.5 Å². The number of fused-ring (bicyclic) bond motifs is 4. The molecule has 0 amide bonds. The van der Waals surface area contributed by atoms with Gasteiger partial charge in [-0.25, -0.2) is 0 Å². The first-order valence-electron chi connectivity index (χ1n) is 11.8. The molecule has 180 valence electrons. The number of para-hydroxylation sites is 1. The number of aliphatic imine (C=N–C) groups is 1. The molecule has 1 unspecified atom stereocenters. The number of rotatable bonds is 7. The Bertz CT molecular complexity index is 1330. The average Bonchev–Trinajstić information content (AvgIpc) is 3.02. The highest BCUT2D eigenvalue weighted by Gasteiger charge is 2.59. The predicted octanol–water partition coefficient (Wildman–Crippen LogP) is 5.23. The zero-order chi connectivity index (χ0) is 24.6. The number of esters is 1. The van der Waals surface area contributed by atoms with Crippen LogP contribution in [0.15, 0.2) is 65.7 Å². The van der Waals surface area contributed by atoms with Gasteiger partial charge in [0.15, 0.2) is 0 Å². The quantitative estimate of drug-likeness (QED) is 0.474. The highest BCUT2D eigenvalue weighted by atomic mass is 16.5. The predicted molar refractivity (Wildman–Crippen MR) is 135 cm³/mol. The fraction of sp³-hybridized carbons (Fsp3) is 0.321. The smallest absolute Gasteiger partial charge is 0.305 e. The van der Waals surface area contributed by atoms with Crippen LogP contribution in [0.3, 0.4) is 0 Å². The van der Waals surface area contributed by atoms with Gasteiger partial charge in [-0.3, -0.25) is 14.6 Å². The minimum Gasteiger partial charge on any atom is -0.481 e. The number of aliphatic carboxylic acids is 1. The third kappa shape index (κ3) is 3.81. The van der Waals surface area contributed by atoms with E-state index in [9.17, 15) is 9.59 Å². The van der Waals surface area contributed by atoms with Crippen molar-refractivity contribution in [2.75, 3.05) is 18.1 Å². The summed E-state index contributed by atoms with van der Waals surface area (Å²) in [6, 6.07) is 20.3. The van der Waals surface area contributed by atoms with E-state index in [4.69, 9.17) is 19.6 Å². The first kappa shape index (κ1) is 22.9. The molecule has 2 aliphatic rings.